The van der Waals surface area contributed by atoms with Crippen LogP contribution in [0.3, 0.4) is 0 Å². The number of nitrogens with zero attached hydrogens (tertiary/aromatic N) is 1. The lowest BCUT2D eigenvalue weighted by Crippen LogP contribution is -2.46. The van der Waals surface area contributed by atoms with E-state index in [0.717, 1.165) is 29.7 Å². The van der Waals surface area contributed by atoms with Crippen molar-refractivity contribution < 1.29 is 0 Å². The fourth-order valence-corrected chi connectivity index (χ4v) is 5.11. The first kappa shape index (κ1) is 14.8. The molecule has 3 fully saturated rings. The predicted molar refractivity (Wildman–Crippen MR) is 85.6 cm³/mol. The van der Waals surface area contributed by atoms with Crippen LogP contribution in [-0.4, -0.2) is 30.1 Å². The topological polar surface area (TPSA) is 29.3 Å². The predicted octanol–water partition coefficient (Wildman–Crippen LogP) is 3.65. The second-order valence-electron chi connectivity index (χ2n) is 8.19. The molecule has 2 N–H and O–H groups in total. The Balaban J connectivity index is 1.60. The molecule has 20 heavy (non-hydrogen) atoms. The summed E-state index contributed by atoms with van der Waals surface area (Å²) in [6.07, 6.45) is 11.4. The molecule has 0 amide bonds. The lowest BCUT2D eigenvalue weighted by molar-refractivity contribution is 0.127. The van der Waals surface area contributed by atoms with Gasteiger partial charge in [0.05, 0.1) is 0 Å². The van der Waals surface area contributed by atoms with E-state index in [2.05, 4.69) is 18.7 Å². The van der Waals surface area contributed by atoms with Gasteiger partial charge in [0.25, 0.3) is 0 Å². The maximum atomic E-state index is 6.54. The van der Waals surface area contributed by atoms with Crippen molar-refractivity contribution in [3.63, 3.8) is 0 Å². The van der Waals surface area contributed by atoms with Gasteiger partial charge >= 0.3 is 0 Å². The number of hydrogen-bond acceptors (Lipinski definition) is 2. The molecule has 0 aromatic carbocycles. The van der Waals surface area contributed by atoms with Crippen molar-refractivity contribution in [2.75, 3.05) is 13.1 Å². The highest BCUT2D eigenvalue weighted by molar-refractivity contribution is 5.00. The van der Waals surface area contributed by atoms with Gasteiger partial charge in [-0.3, -0.25) is 0 Å². The summed E-state index contributed by atoms with van der Waals surface area (Å²) in [5, 5.41) is 0. The highest BCUT2D eigenvalue weighted by Gasteiger charge is 2.46. The van der Waals surface area contributed by atoms with Gasteiger partial charge in [-0.15, -0.1) is 0 Å². The maximum absolute atomic E-state index is 6.54. The van der Waals surface area contributed by atoms with E-state index in [1.807, 2.05) is 0 Å². The van der Waals surface area contributed by atoms with Gasteiger partial charge in [-0.25, -0.2) is 0 Å². The smallest absolute Gasteiger partial charge is 0.0111 e. The maximum Gasteiger partial charge on any atom is 0.0111 e. The molecule has 2 heteroatoms. The molecule has 2 bridgehead atoms. The first-order valence-corrected chi connectivity index (χ1v) is 9.14. The third kappa shape index (κ3) is 3.06. The minimum atomic E-state index is 0.511. The third-order valence-electron chi connectivity index (χ3n) is 6.44. The zero-order valence-corrected chi connectivity index (χ0v) is 13.6. The van der Waals surface area contributed by atoms with Crippen molar-refractivity contribution >= 4 is 0 Å². The van der Waals surface area contributed by atoms with E-state index in [-0.39, 0.29) is 0 Å². The van der Waals surface area contributed by atoms with Crippen LogP contribution in [0, 0.1) is 23.7 Å². The van der Waals surface area contributed by atoms with E-state index >= 15 is 0 Å². The Bertz CT molecular complexity index is 307. The Morgan fingerprint density at radius 1 is 1.05 bits per heavy atom. The number of rotatable bonds is 6. The fourth-order valence-electron chi connectivity index (χ4n) is 5.11. The quantitative estimate of drug-likeness (QED) is 0.803. The number of fused-ring (bicyclic) bond motifs is 2. The molecule has 0 heterocycles. The van der Waals surface area contributed by atoms with Crippen LogP contribution in [0.1, 0.15) is 65.2 Å². The largest absolute Gasteiger partial charge is 0.327 e. The van der Waals surface area contributed by atoms with Crippen molar-refractivity contribution in [2.24, 2.45) is 29.4 Å². The monoisotopic (exact) mass is 278 g/mol. The molecule has 0 saturated heterocycles. The van der Waals surface area contributed by atoms with Crippen molar-refractivity contribution in [1.29, 1.82) is 0 Å². The lowest BCUT2D eigenvalue weighted by Gasteiger charge is -2.37. The van der Waals surface area contributed by atoms with Crippen molar-refractivity contribution in [2.45, 2.75) is 77.3 Å². The standard InChI is InChI=1S/C18H34N2/c1-13(2)9-10-20(16-5-3-4-6-16)12-17-14-7-8-15(11-14)18(17)19/h13-18H,3-12,19H2,1-2H3. The summed E-state index contributed by atoms with van der Waals surface area (Å²) in [6.45, 7) is 7.33. The molecular weight excluding hydrogens is 244 g/mol. The van der Waals surface area contributed by atoms with Crippen LogP contribution in [0.4, 0.5) is 0 Å². The van der Waals surface area contributed by atoms with Crippen LogP contribution < -0.4 is 5.73 Å². The molecule has 0 spiro atoms. The minimum absolute atomic E-state index is 0.511. The molecular formula is C18H34N2. The molecule has 3 rings (SSSR count). The molecule has 3 aliphatic carbocycles. The summed E-state index contributed by atoms with van der Waals surface area (Å²) < 4.78 is 0. The normalized spacial score (nSPS) is 37.6. The Labute approximate surface area is 125 Å². The van der Waals surface area contributed by atoms with Gasteiger partial charge in [-0.2, -0.15) is 0 Å². The van der Waals surface area contributed by atoms with Gasteiger partial charge in [0.15, 0.2) is 0 Å². The minimum Gasteiger partial charge on any atom is -0.327 e. The summed E-state index contributed by atoms with van der Waals surface area (Å²) in [4.78, 5) is 2.85. The van der Waals surface area contributed by atoms with E-state index < -0.39 is 0 Å². The average molecular weight is 278 g/mol. The lowest BCUT2D eigenvalue weighted by atomic mass is 9.84. The van der Waals surface area contributed by atoms with Gasteiger partial charge in [-0.1, -0.05) is 26.7 Å². The van der Waals surface area contributed by atoms with E-state index in [4.69, 9.17) is 5.73 Å². The Kier molecular flexibility index (Phi) is 4.72. The Morgan fingerprint density at radius 2 is 1.75 bits per heavy atom. The SMILES string of the molecule is CC(C)CCN(CC1C2CCC(C2)C1N)C1CCCC1. The highest BCUT2D eigenvalue weighted by atomic mass is 15.2. The van der Waals surface area contributed by atoms with Gasteiger partial charge in [-0.05, 0) is 68.7 Å². The molecule has 3 saturated carbocycles. The Hall–Kier alpha value is -0.0800. The van der Waals surface area contributed by atoms with Crippen LogP contribution in [0.2, 0.25) is 0 Å². The first-order valence-electron chi connectivity index (χ1n) is 9.14. The summed E-state index contributed by atoms with van der Waals surface area (Å²) in [5.74, 6) is 3.45. The highest BCUT2D eigenvalue weighted by Crippen LogP contribution is 2.48. The van der Waals surface area contributed by atoms with E-state index in [1.54, 1.807) is 0 Å². The fraction of sp³-hybridized carbons (Fsp3) is 1.00. The number of hydrogen-bond donors (Lipinski definition) is 1. The second-order valence-corrected chi connectivity index (χ2v) is 8.19. The molecule has 2 nitrogen and oxygen atoms in total. The average Bonchev–Trinajstić information content (AvgIpc) is 3.13. The van der Waals surface area contributed by atoms with Crippen LogP contribution >= 0.6 is 0 Å². The molecule has 0 aromatic rings. The van der Waals surface area contributed by atoms with Crippen molar-refractivity contribution in [1.82, 2.24) is 4.90 Å². The van der Waals surface area contributed by atoms with Crippen LogP contribution in [0.5, 0.6) is 0 Å². The Morgan fingerprint density at radius 3 is 2.35 bits per heavy atom. The molecule has 0 aromatic heterocycles. The first-order chi connectivity index (χ1) is 9.65. The zero-order chi connectivity index (χ0) is 14.1. The van der Waals surface area contributed by atoms with Crippen LogP contribution in [-0.2, 0) is 0 Å². The second kappa shape index (κ2) is 6.36. The summed E-state index contributed by atoms with van der Waals surface area (Å²) in [5.41, 5.74) is 6.54. The van der Waals surface area contributed by atoms with Crippen molar-refractivity contribution in [3.8, 4) is 0 Å². The number of nitrogens with two attached hydrogens (primary N) is 1. The summed E-state index contributed by atoms with van der Waals surface area (Å²) >= 11 is 0. The zero-order valence-electron chi connectivity index (χ0n) is 13.6. The summed E-state index contributed by atoms with van der Waals surface area (Å²) in [6, 6.07) is 1.39. The van der Waals surface area contributed by atoms with Gasteiger partial charge < -0.3 is 10.6 Å². The molecule has 116 valence electrons. The van der Waals surface area contributed by atoms with Gasteiger partial charge in [0, 0.05) is 18.6 Å². The van der Waals surface area contributed by atoms with Crippen molar-refractivity contribution in [3.05, 3.63) is 0 Å². The molecule has 4 unspecified atom stereocenters. The van der Waals surface area contributed by atoms with E-state index in [9.17, 15) is 0 Å². The van der Waals surface area contributed by atoms with Gasteiger partial charge in [0.2, 0.25) is 0 Å². The van der Waals surface area contributed by atoms with Crippen LogP contribution in [0.15, 0.2) is 0 Å². The summed E-state index contributed by atoms with van der Waals surface area (Å²) in [7, 11) is 0. The molecule has 0 radical (unpaired) electrons. The van der Waals surface area contributed by atoms with E-state index in [1.165, 1.54) is 64.5 Å². The van der Waals surface area contributed by atoms with Gasteiger partial charge in [0.1, 0.15) is 0 Å². The van der Waals surface area contributed by atoms with Crippen LogP contribution in [0.25, 0.3) is 0 Å². The third-order valence-corrected chi connectivity index (χ3v) is 6.44. The van der Waals surface area contributed by atoms with E-state index in [0.29, 0.717) is 6.04 Å². The molecule has 4 atom stereocenters. The molecule has 3 aliphatic rings. The molecule has 0 aliphatic heterocycles.